The number of halogens is 1. The number of phenols is 1. The Bertz CT molecular complexity index is 567. The van der Waals surface area contributed by atoms with Crippen molar-refractivity contribution >= 4 is 22.5 Å². The van der Waals surface area contributed by atoms with Gasteiger partial charge in [0.15, 0.2) is 0 Å². The topological polar surface area (TPSA) is 75.2 Å². The van der Waals surface area contributed by atoms with E-state index in [1.165, 1.54) is 18.5 Å². The number of H-pyrrole nitrogens is 1. The van der Waals surface area contributed by atoms with Crippen molar-refractivity contribution in [3.63, 3.8) is 0 Å². The van der Waals surface area contributed by atoms with Crippen LogP contribution in [-0.2, 0) is 0 Å². The van der Waals surface area contributed by atoms with Gasteiger partial charge in [0.1, 0.15) is 23.5 Å². The fraction of sp³-hybridized carbons (Fsp3) is 0.200. The number of alkyl halides is 1. The Kier molecular flexibility index (Phi) is 2.96. The summed E-state index contributed by atoms with van der Waals surface area (Å²) in [5, 5.41) is 9.75. The minimum atomic E-state index is -0.311. The van der Waals surface area contributed by atoms with Crippen molar-refractivity contribution in [3.05, 3.63) is 28.8 Å². The highest BCUT2D eigenvalue weighted by atomic mass is 35.5. The number of nitrogens with zero attached hydrogens (tertiary/aromatic N) is 1. The van der Waals surface area contributed by atoms with Crippen LogP contribution in [0.5, 0.6) is 11.5 Å². The molecule has 6 heteroatoms. The van der Waals surface area contributed by atoms with E-state index < -0.39 is 0 Å². The second-order valence-corrected chi connectivity index (χ2v) is 3.49. The molecule has 2 aromatic rings. The highest BCUT2D eigenvalue weighted by molar-refractivity contribution is 6.18. The van der Waals surface area contributed by atoms with E-state index >= 15 is 0 Å². The number of fused-ring (bicyclic) bond motifs is 1. The number of phenolic OH excluding ortho intramolecular Hbond substituents is 1. The van der Waals surface area contributed by atoms with E-state index in [1.54, 1.807) is 0 Å². The summed E-state index contributed by atoms with van der Waals surface area (Å²) in [6.45, 7) is 0.258. The second-order valence-electron chi connectivity index (χ2n) is 3.11. The number of aromatic amines is 1. The van der Waals surface area contributed by atoms with Crippen molar-refractivity contribution < 1.29 is 9.84 Å². The lowest BCUT2D eigenvalue weighted by Gasteiger charge is -2.07. The molecule has 2 rings (SSSR count). The second kappa shape index (κ2) is 4.40. The molecule has 0 aliphatic rings. The summed E-state index contributed by atoms with van der Waals surface area (Å²) in [5.74, 6) is 0.579. The SMILES string of the molecule is O=c1[nH]cnc2cc(O)cc(OCCCl)c12. The molecule has 0 bridgehead atoms. The maximum Gasteiger partial charge on any atom is 0.262 e. The van der Waals surface area contributed by atoms with Gasteiger partial charge in [-0.25, -0.2) is 4.98 Å². The minimum Gasteiger partial charge on any atom is -0.508 e. The lowest BCUT2D eigenvalue weighted by Crippen LogP contribution is -2.09. The van der Waals surface area contributed by atoms with E-state index in [0.29, 0.717) is 16.8 Å². The number of nitrogens with one attached hydrogen (secondary N) is 1. The number of aromatic hydroxyl groups is 1. The van der Waals surface area contributed by atoms with E-state index in [-0.39, 0.29) is 23.7 Å². The van der Waals surface area contributed by atoms with E-state index in [1.807, 2.05) is 0 Å². The molecular formula is C10H9ClN2O3. The zero-order valence-electron chi connectivity index (χ0n) is 8.24. The van der Waals surface area contributed by atoms with Crippen LogP contribution in [0.15, 0.2) is 23.3 Å². The number of hydrogen-bond donors (Lipinski definition) is 2. The summed E-state index contributed by atoms with van der Waals surface area (Å²) in [4.78, 5) is 18.0. The molecule has 0 unspecified atom stereocenters. The zero-order valence-corrected chi connectivity index (χ0v) is 8.99. The standard InChI is InChI=1S/C10H9ClN2O3/c11-1-2-16-8-4-6(14)3-7-9(8)10(15)13-5-12-7/h3-5,14H,1-2H2,(H,12,13,15). The van der Waals surface area contributed by atoms with Gasteiger partial charge in [-0.05, 0) is 0 Å². The third-order valence-corrected chi connectivity index (χ3v) is 2.18. The summed E-state index contributed by atoms with van der Waals surface area (Å²) in [5.41, 5.74) is 0.0721. The van der Waals surface area contributed by atoms with Crippen molar-refractivity contribution in [1.82, 2.24) is 9.97 Å². The van der Waals surface area contributed by atoms with Crippen molar-refractivity contribution in [1.29, 1.82) is 0 Å². The van der Waals surface area contributed by atoms with Crippen molar-refractivity contribution in [2.45, 2.75) is 0 Å². The molecule has 0 spiro atoms. The van der Waals surface area contributed by atoms with Crippen LogP contribution in [0, 0.1) is 0 Å². The third-order valence-electron chi connectivity index (χ3n) is 2.03. The van der Waals surface area contributed by atoms with Crippen LogP contribution >= 0.6 is 11.6 Å². The van der Waals surface area contributed by atoms with Gasteiger partial charge < -0.3 is 14.8 Å². The molecule has 0 saturated carbocycles. The van der Waals surface area contributed by atoms with Gasteiger partial charge in [0, 0.05) is 12.1 Å². The van der Waals surface area contributed by atoms with E-state index in [2.05, 4.69) is 9.97 Å². The lowest BCUT2D eigenvalue weighted by molar-refractivity contribution is 0.344. The van der Waals surface area contributed by atoms with E-state index in [9.17, 15) is 9.90 Å². The van der Waals surface area contributed by atoms with Crippen LogP contribution in [0.2, 0.25) is 0 Å². The van der Waals surface area contributed by atoms with Gasteiger partial charge in [0.2, 0.25) is 0 Å². The monoisotopic (exact) mass is 240 g/mol. The first-order valence-electron chi connectivity index (χ1n) is 4.61. The van der Waals surface area contributed by atoms with Crippen LogP contribution in [0.3, 0.4) is 0 Å². The smallest absolute Gasteiger partial charge is 0.262 e. The summed E-state index contributed by atoms with van der Waals surface area (Å²) in [7, 11) is 0. The maximum absolute atomic E-state index is 11.6. The number of hydrogen-bond acceptors (Lipinski definition) is 4. The molecule has 0 saturated heterocycles. The summed E-state index contributed by atoms with van der Waals surface area (Å²) < 4.78 is 5.28. The Morgan fingerprint density at radius 1 is 1.50 bits per heavy atom. The van der Waals surface area contributed by atoms with Crippen molar-refractivity contribution in [2.75, 3.05) is 12.5 Å². The van der Waals surface area contributed by atoms with Gasteiger partial charge >= 0.3 is 0 Å². The van der Waals surface area contributed by atoms with Crippen LogP contribution < -0.4 is 10.3 Å². The predicted octanol–water partition coefficient (Wildman–Crippen LogP) is 1.25. The first kappa shape index (κ1) is 10.8. The van der Waals surface area contributed by atoms with Gasteiger partial charge in [0.25, 0.3) is 5.56 Å². The van der Waals surface area contributed by atoms with Crippen LogP contribution in [-0.4, -0.2) is 27.6 Å². The quantitative estimate of drug-likeness (QED) is 0.792. The largest absolute Gasteiger partial charge is 0.508 e. The average molecular weight is 241 g/mol. The molecule has 0 radical (unpaired) electrons. The Hall–Kier alpha value is -1.75. The lowest BCUT2D eigenvalue weighted by atomic mass is 10.2. The van der Waals surface area contributed by atoms with Crippen molar-refractivity contribution in [3.8, 4) is 11.5 Å². The normalized spacial score (nSPS) is 10.6. The molecule has 1 heterocycles. The number of ether oxygens (including phenoxy) is 1. The molecule has 5 nitrogen and oxygen atoms in total. The first-order valence-corrected chi connectivity index (χ1v) is 5.15. The van der Waals surface area contributed by atoms with Crippen molar-refractivity contribution in [2.24, 2.45) is 0 Å². The number of rotatable bonds is 3. The fourth-order valence-electron chi connectivity index (χ4n) is 1.41. The number of benzene rings is 1. The maximum atomic E-state index is 11.6. The summed E-state index contributed by atoms with van der Waals surface area (Å²) in [6, 6.07) is 2.77. The molecule has 1 aromatic heterocycles. The van der Waals surface area contributed by atoms with Crippen LogP contribution in [0.1, 0.15) is 0 Å². The summed E-state index contributed by atoms with van der Waals surface area (Å²) >= 11 is 5.49. The van der Waals surface area contributed by atoms with E-state index in [4.69, 9.17) is 16.3 Å². The average Bonchev–Trinajstić information content (AvgIpc) is 2.25. The Morgan fingerprint density at radius 3 is 3.06 bits per heavy atom. The van der Waals surface area contributed by atoms with Gasteiger partial charge in [-0.3, -0.25) is 4.79 Å². The highest BCUT2D eigenvalue weighted by Crippen LogP contribution is 2.26. The molecule has 0 atom stereocenters. The predicted molar refractivity (Wildman–Crippen MR) is 60.2 cm³/mol. The first-order chi connectivity index (χ1) is 7.72. The minimum absolute atomic E-state index is 0.00447. The molecule has 0 aliphatic carbocycles. The highest BCUT2D eigenvalue weighted by Gasteiger charge is 2.09. The summed E-state index contributed by atoms with van der Waals surface area (Å²) in [6.07, 6.45) is 1.27. The fourth-order valence-corrected chi connectivity index (χ4v) is 1.49. The molecule has 16 heavy (non-hydrogen) atoms. The van der Waals surface area contributed by atoms with Gasteiger partial charge in [-0.1, -0.05) is 0 Å². The zero-order chi connectivity index (χ0) is 11.5. The van der Waals surface area contributed by atoms with Gasteiger partial charge in [-0.2, -0.15) is 0 Å². The van der Waals surface area contributed by atoms with E-state index in [0.717, 1.165) is 0 Å². The van der Waals surface area contributed by atoms with Crippen LogP contribution in [0.25, 0.3) is 10.9 Å². The van der Waals surface area contributed by atoms with Gasteiger partial charge in [0.05, 0.1) is 17.7 Å². The number of aromatic nitrogens is 2. The molecular weight excluding hydrogens is 232 g/mol. The van der Waals surface area contributed by atoms with Gasteiger partial charge in [-0.15, -0.1) is 11.6 Å². The molecule has 84 valence electrons. The molecule has 0 amide bonds. The third kappa shape index (κ3) is 1.94. The molecule has 0 fully saturated rings. The Labute approximate surface area is 95.7 Å². The molecule has 0 aliphatic heterocycles. The molecule has 1 aromatic carbocycles. The molecule has 2 N–H and O–H groups in total. The Morgan fingerprint density at radius 2 is 2.31 bits per heavy atom. The van der Waals surface area contributed by atoms with Crippen LogP contribution in [0.4, 0.5) is 0 Å². The Balaban J connectivity index is 2.65.